The number of nitrogens with one attached hydrogen (secondary N) is 3. The van der Waals surface area contributed by atoms with Crippen LogP contribution in [-0.4, -0.2) is 49.1 Å². The number of carbonyl (C=O) groups is 2. The van der Waals surface area contributed by atoms with Gasteiger partial charge in [-0.3, -0.25) is 14.9 Å². The SMILES string of the molecule is O=C(Cc1cccc(OC(F)(F)F)c1)NC1=NNN([C@H]2CCCC(c3nnc(NC(=O)C(O)c4ccccc4)s3)C2)S1. The van der Waals surface area contributed by atoms with Gasteiger partial charge in [-0.25, -0.2) is 5.53 Å². The molecule has 16 heteroatoms. The number of hydrazone groups is 1. The van der Waals surface area contributed by atoms with Crippen LogP contribution in [0.25, 0.3) is 0 Å². The highest BCUT2D eigenvalue weighted by Gasteiger charge is 2.34. The van der Waals surface area contributed by atoms with Crippen molar-refractivity contribution >= 4 is 45.4 Å². The lowest BCUT2D eigenvalue weighted by Gasteiger charge is -2.32. The van der Waals surface area contributed by atoms with Crippen molar-refractivity contribution in [2.75, 3.05) is 5.32 Å². The molecule has 3 atom stereocenters. The zero-order valence-corrected chi connectivity index (χ0v) is 23.5. The van der Waals surface area contributed by atoms with E-state index in [1.54, 1.807) is 30.3 Å². The zero-order chi connectivity index (χ0) is 29.7. The molecule has 42 heavy (non-hydrogen) atoms. The Labute approximate surface area is 246 Å². The van der Waals surface area contributed by atoms with Gasteiger partial charge in [-0.1, -0.05) is 60.2 Å². The topological polar surface area (TPSA) is 141 Å². The van der Waals surface area contributed by atoms with E-state index in [0.717, 1.165) is 30.7 Å². The molecule has 1 fully saturated rings. The van der Waals surface area contributed by atoms with Crippen LogP contribution in [0.2, 0.25) is 0 Å². The summed E-state index contributed by atoms with van der Waals surface area (Å²) in [7, 11) is 0. The van der Waals surface area contributed by atoms with Gasteiger partial charge in [0.15, 0.2) is 6.10 Å². The van der Waals surface area contributed by atoms with E-state index < -0.39 is 30.0 Å². The van der Waals surface area contributed by atoms with Crippen molar-refractivity contribution in [3.8, 4) is 5.75 Å². The van der Waals surface area contributed by atoms with Gasteiger partial charge < -0.3 is 15.2 Å². The Hall–Kier alpha value is -3.73. The number of anilines is 1. The number of carbonyl (C=O) groups excluding carboxylic acids is 2. The lowest BCUT2D eigenvalue weighted by atomic mass is 9.86. The van der Waals surface area contributed by atoms with E-state index in [0.29, 0.717) is 21.4 Å². The molecule has 5 rings (SSSR count). The van der Waals surface area contributed by atoms with Gasteiger partial charge in [0, 0.05) is 23.9 Å². The number of amides is 2. The number of amidine groups is 1. The van der Waals surface area contributed by atoms with Gasteiger partial charge >= 0.3 is 6.36 Å². The number of hydrazine groups is 1. The summed E-state index contributed by atoms with van der Waals surface area (Å²) in [6.07, 6.45) is -2.86. The Kier molecular flexibility index (Phi) is 9.25. The lowest BCUT2D eigenvalue weighted by molar-refractivity contribution is -0.274. The number of aromatic nitrogens is 2. The van der Waals surface area contributed by atoms with E-state index in [9.17, 15) is 27.9 Å². The standard InChI is InChI=1S/C26H26F3N7O4S2/c27-26(28,29)40-19-11-4-6-15(12-19)13-20(37)30-25-34-35-36(42-25)18-10-5-9-17(14-18)23-32-33-24(41-23)31-22(39)21(38)16-7-2-1-3-8-16/h1-4,6-8,11-12,17-18,21,35,38H,5,9-10,13-14H2,(H,30,34,37)(H,31,33,39)/t17?,18-,21?/m0/s1. The first-order valence-electron chi connectivity index (χ1n) is 13.0. The number of benzene rings is 2. The first-order chi connectivity index (χ1) is 20.1. The number of nitrogens with zero attached hydrogens (tertiary/aromatic N) is 4. The second-order valence-electron chi connectivity index (χ2n) is 9.62. The minimum atomic E-state index is -4.82. The minimum absolute atomic E-state index is 0.0601. The summed E-state index contributed by atoms with van der Waals surface area (Å²) in [6, 6.07) is 13.9. The van der Waals surface area contributed by atoms with Gasteiger partial charge in [0.25, 0.3) is 5.91 Å². The fourth-order valence-corrected chi connectivity index (χ4v) is 6.39. The van der Waals surface area contributed by atoms with Crippen molar-refractivity contribution < 1.29 is 32.6 Å². The number of aliphatic hydroxyl groups excluding tert-OH is 1. The largest absolute Gasteiger partial charge is 0.573 e. The molecule has 3 aromatic rings. The average Bonchev–Trinajstić information content (AvgIpc) is 3.62. The predicted molar refractivity (Wildman–Crippen MR) is 150 cm³/mol. The van der Waals surface area contributed by atoms with Crippen LogP contribution in [-0.2, 0) is 16.0 Å². The summed E-state index contributed by atoms with van der Waals surface area (Å²) >= 11 is 2.50. The molecule has 0 radical (unpaired) electrons. The molecule has 0 spiro atoms. The molecule has 0 bridgehead atoms. The van der Waals surface area contributed by atoms with Crippen LogP contribution in [0.4, 0.5) is 18.3 Å². The van der Waals surface area contributed by atoms with Gasteiger partial charge in [0.05, 0.1) is 6.42 Å². The summed E-state index contributed by atoms with van der Waals surface area (Å²) in [6.45, 7) is 0. The quantitative estimate of drug-likeness (QED) is 0.272. The van der Waals surface area contributed by atoms with E-state index in [1.165, 1.54) is 47.6 Å². The third kappa shape index (κ3) is 7.96. The van der Waals surface area contributed by atoms with Crippen LogP contribution in [0, 0.1) is 0 Å². The van der Waals surface area contributed by atoms with Gasteiger partial charge in [-0.05, 0) is 42.5 Å². The Balaban J connectivity index is 1.10. The summed E-state index contributed by atoms with van der Waals surface area (Å²) in [5.41, 5.74) is 3.76. The fraction of sp³-hybridized carbons (Fsp3) is 0.346. The van der Waals surface area contributed by atoms with Crippen molar-refractivity contribution in [3.63, 3.8) is 0 Å². The predicted octanol–water partition coefficient (Wildman–Crippen LogP) is 4.23. The van der Waals surface area contributed by atoms with Crippen molar-refractivity contribution in [2.24, 2.45) is 5.10 Å². The third-order valence-electron chi connectivity index (χ3n) is 6.54. The molecule has 4 N–H and O–H groups in total. The van der Waals surface area contributed by atoms with Crippen molar-refractivity contribution in [1.29, 1.82) is 0 Å². The maximum atomic E-state index is 12.5. The maximum absolute atomic E-state index is 12.5. The monoisotopic (exact) mass is 621 g/mol. The van der Waals surface area contributed by atoms with Crippen LogP contribution in [0.15, 0.2) is 59.7 Å². The van der Waals surface area contributed by atoms with E-state index >= 15 is 0 Å². The Morgan fingerprint density at radius 2 is 1.93 bits per heavy atom. The molecule has 11 nitrogen and oxygen atoms in total. The molecule has 2 unspecified atom stereocenters. The molecular formula is C26H26F3N7O4S2. The Bertz CT molecular complexity index is 1440. The van der Waals surface area contributed by atoms with Gasteiger partial charge in [0.1, 0.15) is 10.8 Å². The maximum Gasteiger partial charge on any atom is 0.573 e. The molecule has 1 aliphatic heterocycles. The van der Waals surface area contributed by atoms with Crippen LogP contribution in [0.5, 0.6) is 5.75 Å². The molecule has 2 aliphatic rings. The van der Waals surface area contributed by atoms with E-state index in [1.807, 2.05) is 4.41 Å². The van der Waals surface area contributed by atoms with Gasteiger partial charge in [0.2, 0.25) is 16.2 Å². The second kappa shape index (κ2) is 13.1. The second-order valence-corrected chi connectivity index (χ2v) is 11.6. The number of rotatable bonds is 8. The van der Waals surface area contributed by atoms with Crippen molar-refractivity contribution in [3.05, 3.63) is 70.7 Å². The highest BCUT2D eigenvalue weighted by Crippen LogP contribution is 2.39. The first kappa shape index (κ1) is 29.8. The Morgan fingerprint density at radius 3 is 2.71 bits per heavy atom. The molecular weight excluding hydrogens is 595 g/mol. The zero-order valence-electron chi connectivity index (χ0n) is 21.9. The summed E-state index contributed by atoms with van der Waals surface area (Å²) in [5, 5.41) is 29.6. The van der Waals surface area contributed by atoms with Crippen molar-refractivity contribution in [2.45, 2.75) is 56.5 Å². The molecule has 2 heterocycles. The summed E-state index contributed by atoms with van der Waals surface area (Å²) in [5.74, 6) is -1.32. The molecule has 2 amide bonds. The molecule has 0 saturated heterocycles. The summed E-state index contributed by atoms with van der Waals surface area (Å²) < 4.78 is 43.2. The normalized spacial score (nSPS) is 19.9. The van der Waals surface area contributed by atoms with Crippen LogP contribution >= 0.6 is 23.3 Å². The van der Waals surface area contributed by atoms with Gasteiger partial charge in [-0.2, -0.15) is 0 Å². The molecule has 1 saturated carbocycles. The average molecular weight is 622 g/mol. The molecule has 1 aliphatic carbocycles. The van der Waals surface area contributed by atoms with E-state index in [-0.39, 0.29) is 18.4 Å². The van der Waals surface area contributed by atoms with E-state index in [4.69, 9.17) is 0 Å². The fourth-order valence-electron chi connectivity index (χ4n) is 4.65. The molecule has 2 aromatic carbocycles. The van der Waals surface area contributed by atoms with E-state index in [2.05, 4.69) is 36.2 Å². The Morgan fingerprint density at radius 1 is 1.12 bits per heavy atom. The van der Waals surface area contributed by atoms with Crippen LogP contribution in [0.1, 0.15) is 53.8 Å². The number of hydrogen-bond donors (Lipinski definition) is 4. The minimum Gasteiger partial charge on any atom is -0.406 e. The first-order valence-corrected chi connectivity index (χ1v) is 14.5. The molecule has 222 valence electrons. The lowest BCUT2D eigenvalue weighted by Crippen LogP contribution is -2.38. The third-order valence-corrected chi connectivity index (χ3v) is 8.48. The smallest absolute Gasteiger partial charge is 0.406 e. The van der Waals surface area contributed by atoms with Gasteiger partial charge in [-0.15, -0.1) is 32.9 Å². The highest BCUT2D eigenvalue weighted by molar-refractivity contribution is 8.12. The van der Waals surface area contributed by atoms with Crippen LogP contribution in [0.3, 0.4) is 0 Å². The number of aliphatic hydroxyl groups is 1. The molecule has 1 aromatic heterocycles. The number of ether oxygens (including phenoxy) is 1. The summed E-state index contributed by atoms with van der Waals surface area (Å²) in [4.78, 5) is 25.0. The number of halogens is 3. The number of hydrogen-bond acceptors (Lipinski definition) is 11. The van der Waals surface area contributed by atoms with Crippen LogP contribution < -0.4 is 20.9 Å². The highest BCUT2D eigenvalue weighted by atomic mass is 32.2. The van der Waals surface area contributed by atoms with Crippen molar-refractivity contribution in [1.82, 2.24) is 25.5 Å². The number of alkyl halides is 3.